The van der Waals surface area contributed by atoms with Crippen molar-refractivity contribution in [3.05, 3.63) is 34.4 Å². The minimum Gasteiger partial charge on any atom is -0.372 e. The van der Waals surface area contributed by atoms with Crippen molar-refractivity contribution in [3.63, 3.8) is 0 Å². The average molecular weight is 291 g/mol. The Morgan fingerprint density at radius 2 is 1.90 bits per heavy atom. The molecule has 1 fully saturated rings. The van der Waals surface area contributed by atoms with Crippen LogP contribution in [0, 0.1) is 16.0 Å². The molecule has 0 radical (unpaired) electrons. The van der Waals surface area contributed by atoms with Crippen molar-refractivity contribution in [2.24, 2.45) is 5.92 Å². The smallest absolute Gasteiger partial charge is 0.269 e. The lowest BCUT2D eigenvalue weighted by atomic mass is 10.0. The Hall–Kier alpha value is -2.11. The molecular weight excluding hydrogens is 270 g/mol. The highest BCUT2D eigenvalue weighted by molar-refractivity contribution is 5.88. The Kier molecular flexibility index (Phi) is 4.16. The van der Waals surface area contributed by atoms with Gasteiger partial charge in [-0.3, -0.25) is 14.9 Å². The van der Waals surface area contributed by atoms with E-state index >= 15 is 0 Å². The maximum absolute atomic E-state index is 12.3. The summed E-state index contributed by atoms with van der Waals surface area (Å²) >= 11 is 0. The van der Waals surface area contributed by atoms with Gasteiger partial charge in [-0.15, -0.1) is 0 Å². The summed E-state index contributed by atoms with van der Waals surface area (Å²) < 4.78 is 0. The number of nitrogens with one attached hydrogen (secondary N) is 2. The van der Waals surface area contributed by atoms with Crippen LogP contribution in [0.3, 0.4) is 0 Å². The second-order valence-electron chi connectivity index (χ2n) is 6.15. The summed E-state index contributed by atoms with van der Waals surface area (Å²) in [6.45, 7) is 5.62. The number of hydrogen-bond donors (Lipinski definition) is 2. The topological polar surface area (TPSA) is 84.3 Å². The number of nitro groups is 1. The Morgan fingerprint density at radius 1 is 1.33 bits per heavy atom. The minimum atomic E-state index is -0.778. The molecule has 0 saturated heterocycles. The Labute approximate surface area is 124 Å². The van der Waals surface area contributed by atoms with Gasteiger partial charge in [0.25, 0.3) is 5.69 Å². The first-order chi connectivity index (χ1) is 9.79. The zero-order valence-electron chi connectivity index (χ0n) is 12.6. The molecule has 1 amide bonds. The SMILES string of the molecule is C[C@@H](NC(=O)C(C)(C)Nc1ccc([N+](=O)[O-])cc1)C1CC1. The summed E-state index contributed by atoms with van der Waals surface area (Å²) in [7, 11) is 0. The molecule has 0 spiro atoms. The third kappa shape index (κ3) is 3.93. The van der Waals surface area contributed by atoms with E-state index in [0.29, 0.717) is 11.6 Å². The van der Waals surface area contributed by atoms with Crippen molar-refractivity contribution >= 4 is 17.3 Å². The van der Waals surface area contributed by atoms with E-state index in [1.165, 1.54) is 25.0 Å². The third-order valence-electron chi connectivity index (χ3n) is 3.79. The second-order valence-corrected chi connectivity index (χ2v) is 6.15. The van der Waals surface area contributed by atoms with E-state index in [1.54, 1.807) is 26.0 Å². The van der Waals surface area contributed by atoms with Gasteiger partial charge in [0.1, 0.15) is 5.54 Å². The number of amides is 1. The van der Waals surface area contributed by atoms with Crippen LogP contribution in [0.5, 0.6) is 0 Å². The molecule has 21 heavy (non-hydrogen) atoms. The Morgan fingerprint density at radius 3 is 2.38 bits per heavy atom. The van der Waals surface area contributed by atoms with Gasteiger partial charge in [-0.05, 0) is 51.7 Å². The summed E-state index contributed by atoms with van der Waals surface area (Å²) in [5, 5.41) is 16.8. The van der Waals surface area contributed by atoms with Gasteiger partial charge in [-0.2, -0.15) is 0 Å². The van der Waals surface area contributed by atoms with Crippen LogP contribution in [0.4, 0.5) is 11.4 Å². The van der Waals surface area contributed by atoms with Crippen LogP contribution < -0.4 is 10.6 Å². The summed E-state index contributed by atoms with van der Waals surface area (Å²) in [5.74, 6) is 0.532. The monoisotopic (exact) mass is 291 g/mol. The largest absolute Gasteiger partial charge is 0.372 e. The van der Waals surface area contributed by atoms with Crippen LogP contribution in [0.15, 0.2) is 24.3 Å². The highest BCUT2D eigenvalue weighted by atomic mass is 16.6. The molecule has 0 aromatic heterocycles. The molecular formula is C15H21N3O3. The molecule has 1 aliphatic carbocycles. The fraction of sp³-hybridized carbons (Fsp3) is 0.533. The van der Waals surface area contributed by atoms with Crippen LogP contribution in [0.2, 0.25) is 0 Å². The van der Waals surface area contributed by atoms with Crippen molar-refractivity contribution in [2.75, 3.05) is 5.32 Å². The number of nitro benzene ring substituents is 1. The number of non-ortho nitro benzene ring substituents is 1. The zero-order chi connectivity index (χ0) is 15.6. The third-order valence-corrected chi connectivity index (χ3v) is 3.79. The van der Waals surface area contributed by atoms with E-state index in [9.17, 15) is 14.9 Å². The Bertz CT molecular complexity index is 536. The predicted molar refractivity (Wildman–Crippen MR) is 81.1 cm³/mol. The molecule has 1 aliphatic rings. The van der Waals surface area contributed by atoms with Crippen LogP contribution in [-0.4, -0.2) is 22.4 Å². The molecule has 1 aromatic carbocycles. The van der Waals surface area contributed by atoms with Gasteiger partial charge >= 0.3 is 0 Å². The standard InChI is InChI=1S/C15H21N3O3/c1-10(11-4-5-11)16-14(19)15(2,3)17-12-6-8-13(9-7-12)18(20)21/h6-11,17H,4-5H2,1-3H3,(H,16,19)/t10-/m1/s1. The van der Waals surface area contributed by atoms with Crippen molar-refractivity contribution in [2.45, 2.75) is 45.2 Å². The normalized spacial score (nSPS) is 16.1. The van der Waals surface area contributed by atoms with Gasteiger partial charge in [0.05, 0.1) is 4.92 Å². The van der Waals surface area contributed by atoms with Gasteiger partial charge in [0.15, 0.2) is 0 Å². The predicted octanol–water partition coefficient (Wildman–Crippen LogP) is 2.70. The number of carbonyl (C=O) groups is 1. The van der Waals surface area contributed by atoms with Gasteiger partial charge in [-0.1, -0.05) is 0 Å². The summed E-state index contributed by atoms with van der Waals surface area (Å²) in [6.07, 6.45) is 2.36. The fourth-order valence-electron chi connectivity index (χ4n) is 2.19. The molecule has 6 nitrogen and oxygen atoms in total. The van der Waals surface area contributed by atoms with Gasteiger partial charge in [0, 0.05) is 23.9 Å². The van der Waals surface area contributed by atoms with E-state index in [1.807, 2.05) is 6.92 Å². The maximum atomic E-state index is 12.3. The Balaban J connectivity index is 1.98. The minimum absolute atomic E-state index is 0.0326. The van der Waals surface area contributed by atoms with Crippen molar-refractivity contribution < 1.29 is 9.72 Å². The summed E-state index contributed by atoms with van der Waals surface area (Å²) in [6, 6.07) is 6.25. The van der Waals surface area contributed by atoms with Gasteiger partial charge in [-0.25, -0.2) is 0 Å². The number of anilines is 1. The molecule has 2 rings (SSSR count). The van der Waals surface area contributed by atoms with Gasteiger partial charge in [0.2, 0.25) is 5.91 Å². The molecule has 6 heteroatoms. The summed E-state index contributed by atoms with van der Waals surface area (Å²) in [4.78, 5) is 22.5. The van der Waals surface area contributed by atoms with E-state index in [0.717, 1.165) is 0 Å². The van der Waals surface area contributed by atoms with Crippen LogP contribution in [0.1, 0.15) is 33.6 Å². The van der Waals surface area contributed by atoms with E-state index in [2.05, 4.69) is 10.6 Å². The molecule has 2 N–H and O–H groups in total. The maximum Gasteiger partial charge on any atom is 0.269 e. The molecule has 0 heterocycles. The molecule has 1 aromatic rings. The lowest BCUT2D eigenvalue weighted by Gasteiger charge is -2.28. The number of rotatable bonds is 6. The lowest BCUT2D eigenvalue weighted by Crippen LogP contribution is -2.51. The van der Waals surface area contributed by atoms with Crippen LogP contribution in [-0.2, 0) is 4.79 Å². The first-order valence-electron chi connectivity index (χ1n) is 7.13. The highest BCUT2D eigenvalue weighted by Gasteiger charge is 2.33. The molecule has 1 atom stereocenters. The van der Waals surface area contributed by atoms with Crippen LogP contribution >= 0.6 is 0 Å². The first kappa shape index (κ1) is 15.3. The zero-order valence-corrected chi connectivity index (χ0v) is 12.6. The van der Waals surface area contributed by atoms with E-state index < -0.39 is 10.5 Å². The summed E-state index contributed by atoms with van der Waals surface area (Å²) in [5.41, 5.74) is -0.0655. The lowest BCUT2D eigenvalue weighted by molar-refractivity contribution is -0.384. The quantitative estimate of drug-likeness (QED) is 0.623. The van der Waals surface area contributed by atoms with Crippen molar-refractivity contribution in [1.82, 2.24) is 5.32 Å². The van der Waals surface area contributed by atoms with E-state index in [-0.39, 0.29) is 17.6 Å². The van der Waals surface area contributed by atoms with Crippen molar-refractivity contribution in [3.8, 4) is 0 Å². The van der Waals surface area contributed by atoms with Crippen molar-refractivity contribution in [1.29, 1.82) is 0 Å². The fourth-order valence-corrected chi connectivity index (χ4v) is 2.19. The molecule has 0 bridgehead atoms. The molecule has 1 saturated carbocycles. The van der Waals surface area contributed by atoms with Gasteiger partial charge < -0.3 is 10.6 Å². The molecule has 0 aliphatic heterocycles. The number of hydrogen-bond acceptors (Lipinski definition) is 4. The van der Waals surface area contributed by atoms with E-state index in [4.69, 9.17) is 0 Å². The second kappa shape index (κ2) is 5.71. The average Bonchev–Trinajstić information content (AvgIpc) is 3.22. The number of nitrogens with zero attached hydrogens (tertiary/aromatic N) is 1. The number of benzene rings is 1. The number of carbonyl (C=O) groups excluding carboxylic acids is 1. The van der Waals surface area contributed by atoms with Crippen LogP contribution in [0.25, 0.3) is 0 Å². The molecule has 0 unspecified atom stereocenters. The highest BCUT2D eigenvalue weighted by Crippen LogP contribution is 2.32. The first-order valence-corrected chi connectivity index (χ1v) is 7.13. The molecule has 114 valence electrons.